The highest BCUT2D eigenvalue weighted by Gasteiger charge is 2.37. The Kier molecular flexibility index (Phi) is 6.19. The van der Waals surface area contributed by atoms with Crippen molar-refractivity contribution in [3.8, 4) is 5.75 Å². The number of fused-ring (bicyclic) bond motifs is 1. The van der Waals surface area contributed by atoms with Gasteiger partial charge in [0.15, 0.2) is 0 Å². The van der Waals surface area contributed by atoms with Crippen molar-refractivity contribution in [2.24, 2.45) is 0 Å². The monoisotopic (exact) mass is 463 g/mol. The Bertz CT molecular complexity index is 1100. The number of hydrogen-bond donors (Lipinski definition) is 1. The summed E-state index contributed by atoms with van der Waals surface area (Å²) in [5.74, 6) is 0.989. The molecule has 2 aromatic heterocycles. The number of aliphatic hydroxyl groups is 1. The molecule has 4 heterocycles. The first kappa shape index (κ1) is 22.1. The van der Waals surface area contributed by atoms with Gasteiger partial charge in [-0.1, -0.05) is 23.8 Å². The van der Waals surface area contributed by atoms with Crippen molar-refractivity contribution in [2.75, 3.05) is 26.2 Å². The van der Waals surface area contributed by atoms with Crippen molar-refractivity contribution in [1.82, 2.24) is 14.8 Å². The zero-order valence-corrected chi connectivity index (χ0v) is 19.6. The molecule has 0 saturated carbocycles. The van der Waals surface area contributed by atoms with Gasteiger partial charge in [0.25, 0.3) is 0 Å². The first-order chi connectivity index (χ1) is 16.0. The van der Waals surface area contributed by atoms with Gasteiger partial charge in [-0.05, 0) is 54.8 Å². The third-order valence-electron chi connectivity index (χ3n) is 6.66. The summed E-state index contributed by atoms with van der Waals surface area (Å²) in [6, 6.07) is 14.0. The lowest BCUT2D eigenvalue weighted by molar-refractivity contribution is -0.137. The van der Waals surface area contributed by atoms with Gasteiger partial charge in [0.2, 0.25) is 5.91 Å². The molecule has 2 aliphatic rings. The average Bonchev–Trinajstić information content (AvgIpc) is 3.30. The second-order valence-corrected chi connectivity index (χ2v) is 9.85. The SMILES string of the molecule is Cc1ccc2c(c1)CN(CC(=O)N1CCC(O)(c3ccccn3)CC1)CC(c1ccsc1)O2. The minimum Gasteiger partial charge on any atom is -0.484 e. The molecular weight excluding hydrogens is 434 g/mol. The molecule has 1 aromatic carbocycles. The first-order valence-electron chi connectivity index (χ1n) is 11.4. The van der Waals surface area contributed by atoms with Crippen LogP contribution in [-0.2, 0) is 16.9 Å². The molecule has 1 atom stereocenters. The molecule has 6 nitrogen and oxygen atoms in total. The highest BCUT2D eigenvalue weighted by atomic mass is 32.1. The fraction of sp³-hybridized carbons (Fsp3) is 0.385. The van der Waals surface area contributed by atoms with Crippen molar-refractivity contribution in [3.63, 3.8) is 0 Å². The van der Waals surface area contributed by atoms with Crippen molar-refractivity contribution in [2.45, 2.75) is 38.0 Å². The van der Waals surface area contributed by atoms with Crippen LogP contribution >= 0.6 is 11.3 Å². The van der Waals surface area contributed by atoms with Gasteiger partial charge in [-0.25, -0.2) is 0 Å². The van der Waals surface area contributed by atoms with Gasteiger partial charge in [-0.2, -0.15) is 11.3 Å². The molecule has 33 heavy (non-hydrogen) atoms. The Balaban J connectivity index is 1.28. The molecule has 1 fully saturated rings. The molecule has 1 amide bonds. The van der Waals surface area contributed by atoms with Crippen LogP contribution in [0.3, 0.4) is 0 Å². The van der Waals surface area contributed by atoms with Gasteiger partial charge in [-0.15, -0.1) is 0 Å². The first-order valence-corrected chi connectivity index (χ1v) is 12.4. The molecule has 0 bridgehead atoms. The van der Waals surface area contributed by atoms with Crippen LogP contribution in [0.4, 0.5) is 0 Å². The molecule has 1 N–H and O–H groups in total. The second kappa shape index (κ2) is 9.25. The number of carbonyl (C=O) groups is 1. The van der Waals surface area contributed by atoms with Crippen molar-refractivity contribution < 1.29 is 14.6 Å². The number of piperidine rings is 1. The number of benzene rings is 1. The minimum atomic E-state index is -0.963. The Morgan fingerprint density at radius 1 is 1.24 bits per heavy atom. The van der Waals surface area contributed by atoms with E-state index >= 15 is 0 Å². The minimum absolute atomic E-state index is 0.0956. The van der Waals surface area contributed by atoms with Crippen LogP contribution < -0.4 is 4.74 Å². The van der Waals surface area contributed by atoms with Gasteiger partial charge in [0.05, 0.1) is 12.2 Å². The van der Waals surface area contributed by atoms with Gasteiger partial charge in [0.1, 0.15) is 17.5 Å². The highest BCUT2D eigenvalue weighted by Crippen LogP contribution is 2.34. The van der Waals surface area contributed by atoms with Crippen LogP contribution in [-0.4, -0.2) is 52.0 Å². The predicted molar refractivity (Wildman–Crippen MR) is 128 cm³/mol. The summed E-state index contributed by atoms with van der Waals surface area (Å²) in [7, 11) is 0. The molecule has 2 aliphatic heterocycles. The number of pyridine rings is 1. The molecule has 0 spiro atoms. The number of aromatic nitrogens is 1. The number of thiophene rings is 1. The highest BCUT2D eigenvalue weighted by molar-refractivity contribution is 7.07. The molecule has 0 radical (unpaired) electrons. The van der Waals surface area contributed by atoms with E-state index in [1.807, 2.05) is 29.2 Å². The van der Waals surface area contributed by atoms with Crippen LogP contribution in [0.1, 0.15) is 41.3 Å². The molecule has 7 heteroatoms. The Labute approximate surface area is 198 Å². The van der Waals surface area contributed by atoms with Gasteiger partial charge in [0, 0.05) is 43.5 Å². The predicted octanol–water partition coefficient (Wildman–Crippen LogP) is 3.90. The van der Waals surface area contributed by atoms with Gasteiger partial charge >= 0.3 is 0 Å². The van der Waals surface area contributed by atoms with Crippen LogP contribution in [0.15, 0.2) is 59.4 Å². The second-order valence-electron chi connectivity index (χ2n) is 9.07. The van der Waals surface area contributed by atoms with Gasteiger partial charge in [-0.3, -0.25) is 14.7 Å². The number of carbonyl (C=O) groups excluding carboxylic acids is 1. The molecule has 5 rings (SSSR count). The van der Waals surface area contributed by atoms with E-state index in [1.165, 1.54) is 5.56 Å². The zero-order valence-electron chi connectivity index (χ0n) is 18.8. The zero-order chi connectivity index (χ0) is 22.8. The van der Waals surface area contributed by atoms with Crippen molar-refractivity contribution >= 4 is 17.2 Å². The van der Waals surface area contributed by atoms with Crippen LogP contribution in [0, 0.1) is 6.92 Å². The van der Waals surface area contributed by atoms with E-state index in [-0.39, 0.29) is 12.0 Å². The van der Waals surface area contributed by atoms with E-state index in [4.69, 9.17) is 4.74 Å². The van der Waals surface area contributed by atoms with Crippen LogP contribution in [0.5, 0.6) is 5.75 Å². The quantitative estimate of drug-likeness (QED) is 0.636. The largest absolute Gasteiger partial charge is 0.484 e. The van der Waals surface area contributed by atoms with E-state index in [2.05, 4.69) is 45.8 Å². The molecule has 0 aliphatic carbocycles. The van der Waals surface area contributed by atoms with Crippen molar-refractivity contribution in [1.29, 1.82) is 0 Å². The maximum absolute atomic E-state index is 13.2. The van der Waals surface area contributed by atoms with Crippen LogP contribution in [0.25, 0.3) is 0 Å². The fourth-order valence-electron chi connectivity index (χ4n) is 4.74. The Morgan fingerprint density at radius 2 is 2.09 bits per heavy atom. The molecule has 1 unspecified atom stereocenters. The maximum Gasteiger partial charge on any atom is 0.236 e. The Morgan fingerprint density at radius 3 is 2.82 bits per heavy atom. The number of aryl methyl sites for hydroxylation is 1. The van der Waals surface area contributed by atoms with E-state index < -0.39 is 5.60 Å². The number of hydrogen-bond acceptors (Lipinski definition) is 6. The lowest BCUT2D eigenvalue weighted by atomic mass is 9.87. The lowest BCUT2D eigenvalue weighted by Gasteiger charge is -2.38. The summed E-state index contributed by atoms with van der Waals surface area (Å²) in [6.07, 6.45) is 2.59. The Hall–Kier alpha value is -2.74. The standard InChI is InChI=1S/C26H29N3O3S/c1-19-5-6-22-21(14-19)15-28(16-23(32-22)20-7-13-33-18-20)17-25(30)29-11-8-26(31,9-12-29)24-4-2-3-10-27-24/h2-7,10,13-14,18,23,31H,8-9,11-12,15-17H2,1H3. The van der Waals surface area contributed by atoms with E-state index in [9.17, 15) is 9.90 Å². The number of rotatable bonds is 4. The van der Waals surface area contributed by atoms with E-state index in [0.717, 1.165) is 16.9 Å². The smallest absolute Gasteiger partial charge is 0.236 e. The summed E-state index contributed by atoms with van der Waals surface area (Å²) in [5, 5.41) is 15.2. The number of likely N-dealkylation sites (tertiary alicyclic amines) is 1. The number of nitrogens with zero attached hydrogens (tertiary/aromatic N) is 3. The van der Waals surface area contributed by atoms with Crippen molar-refractivity contribution in [3.05, 3.63) is 81.8 Å². The molecule has 1 saturated heterocycles. The maximum atomic E-state index is 13.2. The summed E-state index contributed by atoms with van der Waals surface area (Å²) in [5.41, 5.74) is 3.16. The van der Waals surface area contributed by atoms with Gasteiger partial charge < -0.3 is 14.7 Å². The van der Waals surface area contributed by atoms with E-state index in [1.54, 1.807) is 17.5 Å². The topological polar surface area (TPSA) is 65.9 Å². The third-order valence-corrected chi connectivity index (χ3v) is 7.36. The number of ether oxygens (including phenoxy) is 1. The summed E-state index contributed by atoms with van der Waals surface area (Å²) < 4.78 is 6.39. The summed E-state index contributed by atoms with van der Waals surface area (Å²) >= 11 is 1.66. The molecular formula is C26H29N3O3S. The summed E-state index contributed by atoms with van der Waals surface area (Å²) in [4.78, 5) is 21.6. The fourth-order valence-corrected chi connectivity index (χ4v) is 5.44. The van der Waals surface area contributed by atoms with E-state index in [0.29, 0.717) is 51.3 Å². The molecule has 3 aromatic rings. The normalized spacial score (nSPS) is 20.5. The third kappa shape index (κ3) is 4.81. The van der Waals surface area contributed by atoms with Crippen LogP contribution in [0.2, 0.25) is 0 Å². The average molecular weight is 464 g/mol. The lowest BCUT2D eigenvalue weighted by Crippen LogP contribution is -2.48. The summed E-state index contributed by atoms with van der Waals surface area (Å²) in [6.45, 7) is 4.80. The number of amides is 1. The molecule has 172 valence electrons.